The van der Waals surface area contributed by atoms with Crippen LogP contribution in [0.4, 0.5) is 10.1 Å². The second-order valence-electron chi connectivity index (χ2n) is 4.23. The summed E-state index contributed by atoms with van der Waals surface area (Å²) in [6.07, 6.45) is 1.69. The molecule has 0 saturated heterocycles. The van der Waals surface area contributed by atoms with Crippen molar-refractivity contribution in [2.75, 3.05) is 5.32 Å². The van der Waals surface area contributed by atoms with Crippen molar-refractivity contribution in [3.05, 3.63) is 65.1 Å². The monoisotopic (exact) mass is 275 g/mol. The highest BCUT2D eigenvalue weighted by Crippen LogP contribution is 2.23. The molecule has 0 aliphatic carbocycles. The largest absolute Gasteiger partial charge is 0.464 e. The number of para-hydroxylation sites is 1. The lowest BCUT2D eigenvalue weighted by molar-refractivity contribution is 0.610. The van der Waals surface area contributed by atoms with Crippen LogP contribution in [-0.2, 0) is 6.54 Å². The predicted octanol–water partition coefficient (Wildman–Crippen LogP) is 4.84. The fourth-order valence-corrected chi connectivity index (χ4v) is 2.15. The van der Waals surface area contributed by atoms with Crippen LogP contribution in [0.3, 0.4) is 0 Å². The summed E-state index contributed by atoms with van der Waals surface area (Å²) < 4.78 is 19.1. The van der Waals surface area contributed by atoms with Crippen LogP contribution >= 0.6 is 11.6 Å². The van der Waals surface area contributed by atoms with Gasteiger partial charge in [0.05, 0.1) is 12.0 Å². The van der Waals surface area contributed by atoms with Crippen molar-refractivity contribution < 1.29 is 8.81 Å². The van der Waals surface area contributed by atoms with E-state index >= 15 is 0 Å². The Hall–Kier alpha value is -2.00. The van der Waals surface area contributed by atoms with Crippen molar-refractivity contribution in [2.24, 2.45) is 0 Å². The maximum absolute atomic E-state index is 13.6. The quantitative estimate of drug-likeness (QED) is 0.740. The molecule has 2 aromatic carbocycles. The molecule has 3 rings (SSSR count). The Bertz CT molecular complexity index is 723. The summed E-state index contributed by atoms with van der Waals surface area (Å²) in [4.78, 5) is 0. The maximum atomic E-state index is 13.6. The van der Waals surface area contributed by atoms with Crippen LogP contribution in [0.25, 0.3) is 11.0 Å². The maximum Gasteiger partial charge on any atom is 0.147 e. The first kappa shape index (κ1) is 12.1. The molecular weight excluding hydrogens is 265 g/mol. The number of hydrogen-bond donors (Lipinski definition) is 1. The fourth-order valence-electron chi connectivity index (χ4n) is 1.99. The van der Waals surface area contributed by atoms with E-state index in [1.165, 1.54) is 6.07 Å². The molecule has 3 aromatic rings. The molecule has 1 heterocycles. The Labute approximate surface area is 114 Å². The van der Waals surface area contributed by atoms with Gasteiger partial charge in [0.15, 0.2) is 0 Å². The lowest BCUT2D eigenvalue weighted by atomic mass is 10.2. The van der Waals surface area contributed by atoms with Gasteiger partial charge in [-0.1, -0.05) is 29.8 Å². The third-order valence-corrected chi connectivity index (χ3v) is 3.20. The number of furan rings is 1. The minimum Gasteiger partial charge on any atom is -0.464 e. The third kappa shape index (κ3) is 2.42. The molecule has 0 spiro atoms. The molecule has 0 amide bonds. The van der Waals surface area contributed by atoms with E-state index in [1.807, 2.05) is 24.3 Å². The van der Waals surface area contributed by atoms with E-state index in [4.69, 9.17) is 16.0 Å². The summed E-state index contributed by atoms with van der Waals surface area (Å²) >= 11 is 5.71. The topological polar surface area (TPSA) is 25.2 Å². The molecule has 0 radical (unpaired) electrons. The van der Waals surface area contributed by atoms with Crippen molar-refractivity contribution in [1.29, 1.82) is 0 Å². The second kappa shape index (κ2) is 4.94. The standard InChI is InChI=1S/C15H11ClFNO/c16-11-5-6-14(13(17)7-11)18-8-10-9-19-15-4-2-1-3-12(10)15/h1-7,9,18H,8H2. The van der Waals surface area contributed by atoms with Gasteiger partial charge in [-0.3, -0.25) is 0 Å². The highest BCUT2D eigenvalue weighted by Gasteiger charge is 2.06. The average Bonchev–Trinajstić information content (AvgIpc) is 2.81. The van der Waals surface area contributed by atoms with Gasteiger partial charge in [-0.2, -0.15) is 0 Å². The van der Waals surface area contributed by atoms with E-state index in [2.05, 4.69) is 5.32 Å². The number of halogens is 2. The first-order valence-corrected chi connectivity index (χ1v) is 6.26. The Balaban J connectivity index is 1.82. The minimum absolute atomic E-state index is 0.361. The summed E-state index contributed by atoms with van der Waals surface area (Å²) in [7, 11) is 0. The molecule has 19 heavy (non-hydrogen) atoms. The zero-order valence-corrected chi connectivity index (χ0v) is 10.7. The van der Waals surface area contributed by atoms with Gasteiger partial charge < -0.3 is 9.73 Å². The first-order valence-electron chi connectivity index (χ1n) is 5.88. The number of fused-ring (bicyclic) bond motifs is 1. The lowest BCUT2D eigenvalue weighted by Gasteiger charge is -2.06. The van der Waals surface area contributed by atoms with Gasteiger partial charge in [0.1, 0.15) is 11.4 Å². The van der Waals surface area contributed by atoms with Gasteiger partial charge in [0.2, 0.25) is 0 Å². The van der Waals surface area contributed by atoms with E-state index in [1.54, 1.807) is 18.4 Å². The zero-order chi connectivity index (χ0) is 13.2. The third-order valence-electron chi connectivity index (χ3n) is 2.96. The molecule has 0 aliphatic rings. The van der Waals surface area contributed by atoms with Gasteiger partial charge in [-0.25, -0.2) is 4.39 Å². The van der Waals surface area contributed by atoms with Crippen molar-refractivity contribution >= 4 is 28.3 Å². The number of anilines is 1. The predicted molar refractivity (Wildman–Crippen MR) is 75.0 cm³/mol. The molecular formula is C15H11ClFNO. The fraction of sp³-hybridized carbons (Fsp3) is 0.0667. The van der Waals surface area contributed by atoms with Crippen LogP contribution in [-0.4, -0.2) is 0 Å². The molecule has 96 valence electrons. The molecule has 4 heteroatoms. The SMILES string of the molecule is Fc1cc(Cl)ccc1NCc1coc2ccccc12. The van der Waals surface area contributed by atoms with E-state index in [0.717, 1.165) is 16.5 Å². The molecule has 0 unspecified atom stereocenters. The molecule has 0 atom stereocenters. The van der Waals surface area contributed by atoms with Gasteiger partial charge in [0.25, 0.3) is 0 Å². The minimum atomic E-state index is -0.361. The molecule has 0 fully saturated rings. The van der Waals surface area contributed by atoms with Crippen molar-refractivity contribution in [2.45, 2.75) is 6.54 Å². The number of rotatable bonds is 3. The summed E-state index contributed by atoms with van der Waals surface area (Å²) in [6.45, 7) is 0.496. The van der Waals surface area contributed by atoms with Crippen LogP contribution < -0.4 is 5.32 Å². The molecule has 0 aliphatic heterocycles. The zero-order valence-electron chi connectivity index (χ0n) is 9.99. The normalized spacial score (nSPS) is 10.8. The highest BCUT2D eigenvalue weighted by atomic mass is 35.5. The van der Waals surface area contributed by atoms with Crippen LogP contribution in [0.1, 0.15) is 5.56 Å². The van der Waals surface area contributed by atoms with Gasteiger partial charge >= 0.3 is 0 Å². The summed E-state index contributed by atoms with van der Waals surface area (Å²) in [5, 5.41) is 4.46. The van der Waals surface area contributed by atoms with Crippen LogP contribution in [0.2, 0.25) is 5.02 Å². The van der Waals surface area contributed by atoms with Gasteiger partial charge in [-0.05, 0) is 24.3 Å². The van der Waals surface area contributed by atoms with Gasteiger partial charge in [-0.15, -0.1) is 0 Å². The Morgan fingerprint density at radius 3 is 2.84 bits per heavy atom. The van der Waals surface area contributed by atoms with E-state index < -0.39 is 0 Å². The Morgan fingerprint density at radius 2 is 2.00 bits per heavy atom. The van der Waals surface area contributed by atoms with E-state index in [-0.39, 0.29) is 5.82 Å². The van der Waals surface area contributed by atoms with Crippen LogP contribution in [0.5, 0.6) is 0 Å². The highest BCUT2D eigenvalue weighted by molar-refractivity contribution is 6.30. The summed E-state index contributed by atoms with van der Waals surface area (Å²) in [6, 6.07) is 12.3. The molecule has 0 bridgehead atoms. The number of benzene rings is 2. The second-order valence-corrected chi connectivity index (χ2v) is 4.67. The van der Waals surface area contributed by atoms with Crippen molar-refractivity contribution in [3.8, 4) is 0 Å². The Morgan fingerprint density at radius 1 is 1.16 bits per heavy atom. The van der Waals surface area contributed by atoms with Crippen molar-refractivity contribution in [1.82, 2.24) is 0 Å². The van der Waals surface area contributed by atoms with Crippen LogP contribution in [0.15, 0.2) is 53.1 Å². The average molecular weight is 276 g/mol. The van der Waals surface area contributed by atoms with E-state index in [9.17, 15) is 4.39 Å². The molecule has 1 aromatic heterocycles. The smallest absolute Gasteiger partial charge is 0.147 e. The summed E-state index contributed by atoms with van der Waals surface area (Å²) in [5.74, 6) is -0.361. The van der Waals surface area contributed by atoms with Crippen LogP contribution in [0, 0.1) is 5.82 Å². The number of hydrogen-bond acceptors (Lipinski definition) is 2. The first-order chi connectivity index (χ1) is 9.24. The lowest BCUT2D eigenvalue weighted by Crippen LogP contribution is -2.00. The molecule has 0 saturated carbocycles. The molecule has 1 N–H and O–H groups in total. The summed E-state index contributed by atoms with van der Waals surface area (Å²) in [5.41, 5.74) is 2.25. The van der Waals surface area contributed by atoms with E-state index in [0.29, 0.717) is 17.3 Å². The molecule has 2 nitrogen and oxygen atoms in total. The number of nitrogens with one attached hydrogen (secondary N) is 1. The Kier molecular flexibility index (Phi) is 3.13. The van der Waals surface area contributed by atoms with Crippen molar-refractivity contribution in [3.63, 3.8) is 0 Å². The van der Waals surface area contributed by atoms with Gasteiger partial charge in [0, 0.05) is 22.5 Å².